The lowest BCUT2D eigenvalue weighted by molar-refractivity contribution is -0.133. The van der Waals surface area contributed by atoms with Crippen LogP contribution in [0.4, 0.5) is 0 Å². The Labute approximate surface area is 175 Å². The minimum Gasteiger partial charge on any atom is -0.497 e. The summed E-state index contributed by atoms with van der Waals surface area (Å²) in [5.41, 5.74) is 2.92. The molecule has 1 amide bonds. The maximum Gasteiger partial charge on any atom is 0.261 e. The Balaban J connectivity index is 1.65. The maximum atomic E-state index is 12.7. The SMILES string of the molecule is C=CCN(Cc1nc(-c2ccc(OC)cc2)no1)C(=O)COc1ccc(C)cc1C. The van der Waals surface area contributed by atoms with Gasteiger partial charge in [0.25, 0.3) is 5.91 Å². The number of carbonyl (C=O) groups excluding carboxylic acids is 1. The van der Waals surface area contributed by atoms with E-state index in [1.54, 1.807) is 18.1 Å². The summed E-state index contributed by atoms with van der Waals surface area (Å²) in [6.45, 7) is 8.11. The Bertz CT molecular complexity index is 1010. The minimum absolute atomic E-state index is 0.0861. The van der Waals surface area contributed by atoms with Gasteiger partial charge in [-0.25, -0.2) is 0 Å². The molecule has 3 rings (SSSR count). The second kappa shape index (κ2) is 9.73. The van der Waals surface area contributed by atoms with Crippen molar-refractivity contribution in [2.75, 3.05) is 20.3 Å². The molecule has 7 nitrogen and oxygen atoms in total. The van der Waals surface area contributed by atoms with Gasteiger partial charge in [-0.15, -0.1) is 6.58 Å². The number of aromatic nitrogens is 2. The van der Waals surface area contributed by atoms with Crippen molar-refractivity contribution in [2.45, 2.75) is 20.4 Å². The molecule has 7 heteroatoms. The molecule has 3 aromatic rings. The molecule has 0 N–H and O–H groups in total. The van der Waals surface area contributed by atoms with Crippen LogP contribution in [-0.2, 0) is 11.3 Å². The van der Waals surface area contributed by atoms with Gasteiger partial charge in [0.15, 0.2) is 6.61 Å². The molecule has 0 aliphatic rings. The van der Waals surface area contributed by atoms with Crippen LogP contribution in [0.3, 0.4) is 0 Å². The van der Waals surface area contributed by atoms with Gasteiger partial charge in [-0.05, 0) is 49.7 Å². The van der Waals surface area contributed by atoms with Gasteiger partial charge in [-0.1, -0.05) is 28.9 Å². The van der Waals surface area contributed by atoms with Crippen LogP contribution < -0.4 is 9.47 Å². The zero-order valence-electron chi connectivity index (χ0n) is 17.4. The summed E-state index contributed by atoms with van der Waals surface area (Å²) < 4.78 is 16.2. The highest BCUT2D eigenvalue weighted by Crippen LogP contribution is 2.21. The van der Waals surface area contributed by atoms with E-state index in [2.05, 4.69) is 16.7 Å². The second-order valence-corrected chi connectivity index (χ2v) is 6.86. The van der Waals surface area contributed by atoms with Crippen molar-refractivity contribution < 1.29 is 18.8 Å². The molecule has 30 heavy (non-hydrogen) atoms. The first-order valence-electron chi connectivity index (χ1n) is 9.56. The summed E-state index contributed by atoms with van der Waals surface area (Å²) in [6.07, 6.45) is 1.65. The molecule has 1 heterocycles. The normalized spacial score (nSPS) is 10.5. The van der Waals surface area contributed by atoms with E-state index in [0.29, 0.717) is 24.0 Å². The van der Waals surface area contributed by atoms with Crippen molar-refractivity contribution >= 4 is 5.91 Å². The van der Waals surface area contributed by atoms with Gasteiger partial charge < -0.3 is 18.9 Å². The highest BCUT2D eigenvalue weighted by atomic mass is 16.5. The number of carbonyl (C=O) groups is 1. The van der Waals surface area contributed by atoms with E-state index in [1.165, 1.54) is 0 Å². The third kappa shape index (κ3) is 5.26. The number of nitrogens with zero attached hydrogens (tertiary/aromatic N) is 3. The molecule has 0 saturated carbocycles. The van der Waals surface area contributed by atoms with Gasteiger partial charge >= 0.3 is 0 Å². The fraction of sp³-hybridized carbons (Fsp3) is 0.261. The lowest BCUT2D eigenvalue weighted by Gasteiger charge is -2.19. The number of ether oxygens (including phenoxy) is 2. The molecule has 156 valence electrons. The van der Waals surface area contributed by atoms with Crippen LogP contribution in [0.1, 0.15) is 17.0 Å². The van der Waals surface area contributed by atoms with Gasteiger partial charge in [-0.3, -0.25) is 4.79 Å². The number of benzene rings is 2. The number of aryl methyl sites for hydroxylation is 2. The van der Waals surface area contributed by atoms with Gasteiger partial charge in [0.1, 0.15) is 18.0 Å². The van der Waals surface area contributed by atoms with Crippen LogP contribution in [0.2, 0.25) is 0 Å². The summed E-state index contributed by atoms with van der Waals surface area (Å²) in [5.74, 6) is 2.02. The summed E-state index contributed by atoms with van der Waals surface area (Å²) in [4.78, 5) is 18.6. The highest BCUT2D eigenvalue weighted by Gasteiger charge is 2.18. The summed E-state index contributed by atoms with van der Waals surface area (Å²) in [6, 6.07) is 13.2. The van der Waals surface area contributed by atoms with Crippen LogP contribution in [0, 0.1) is 13.8 Å². The van der Waals surface area contributed by atoms with E-state index in [9.17, 15) is 4.79 Å². The van der Waals surface area contributed by atoms with Crippen molar-refractivity contribution in [3.8, 4) is 22.9 Å². The number of hydrogen-bond donors (Lipinski definition) is 0. The van der Waals surface area contributed by atoms with E-state index in [4.69, 9.17) is 14.0 Å². The fourth-order valence-corrected chi connectivity index (χ4v) is 2.94. The third-order valence-corrected chi connectivity index (χ3v) is 4.53. The molecule has 0 spiro atoms. The molecule has 0 unspecified atom stereocenters. The van der Waals surface area contributed by atoms with Crippen molar-refractivity contribution in [3.05, 3.63) is 72.1 Å². The van der Waals surface area contributed by atoms with Crippen molar-refractivity contribution in [1.29, 1.82) is 0 Å². The predicted octanol–water partition coefficient (Wildman–Crippen LogP) is 3.96. The number of rotatable bonds is 9. The van der Waals surface area contributed by atoms with Gasteiger partial charge in [-0.2, -0.15) is 4.98 Å². The van der Waals surface area contributed by atoms with E-state index in [0.717, 1.165) is 22.4 Å². The van der Waals surface area contributed by atoms with E-state index in [1.807, 2.05) is 56.3 Å². The van der Waals surface area contributed by atoms with Crippen molar-refractivity contribution in [3.63, 3.8) is 0 Å². The Hall–Kier alpha value is -3.61. The van der Waals surface area contributed by atoms with Gasteiger partial charge in [0, 0.05) is 12.1 Å². The van der Waals surface area contributed by atoms with E-state index >= 15 is 0 Å². The smallest absolute Gasteiger partial charge is 0.261 e. The average Bonchev–Trinajstić information content (AvgIpc) is 3.21. The second-order valence-electron chi connectivity index (χ2n) is 6.86. The van der Waals surface area contributed by atoms with Crippen molar-refractivity contribution in [2.24, 2.45) is 0 Å². The molecule has 0 saturated heterocycles. The highest BCUT2D eigenvalue weighted by molar-refractivity contribution is 5.78. The molecule has 0 radical (unpaired) electrons. The quantitative estimate of drug-likeness (QED) is 0.500. The monoisotopic (exact) mass is 407 g/mol. The predicted molar refractivity (Wildman–Crippen MR) is 113 cm³/mol. The molecule has 1 aromatic heterocycles. The average molecular weight is 407 g/mol. The first-order valence-corrected chi connectivity index (χ1v) is 9.56. The standard InChI is InChI=1S/C23H25N3O4/c1-5-12-26(22(27)15-29-20-11-6-16(2)13-17(20)3)14-21-24-23(25-30-21)18-7-9-19(28-4)10-8-18/h5-11,13H,1,12,14-15H2,2-4H3. The molecule has 0 fully saturated rings. The van der Waals surface area contributed by atoms with Crippen LogP contribution >= 0.6 is 0 Å². The zero-order valence-corrected chi connectivity index (χ0v) is 17.4. The van der Waals surface area contributed by atoms with Crippen molar-refractivity contribution in [1.82, 2.24) is 15.0 Å². The maximum absolute atomic E-state index is 12.7. The lowest BCUT2D eigenvalue weighted by Crippen LogP contribution is -2.34. The molecule has 0 bridgehead atoms. The molecule has 2 aromatic carbocycles. The fourth-order valence-electron chi connectivity index (χ4n) is 2.94. The summed E-state index contributed by atoms with van der Waals surface area (Å²) in [7, 11) is 1.61. The first kappa shape index (κ1) is 21.1. The Morgan fingerprint density at radius 1 is 1.20 bits per heavy atom. The lowest BCUT2D eigenvalue weighted by atomic mass is 10.1. The van der Waals surface area contributed by atoms with Crippen LogP contribution in [0.15, 0.2) is 59.6 Å². The minimum atomic E-state index is -0.195. The van der Waals surface area contributed by atoms with Crippen LogP contribution in [0.25, 0.3) is 11.4 Å². The topological polar surface area (TPSA) is 77.7 Å². The summed E-state index contributed by atoms with van der Waals surface area (Å²) in [5, 5.41) is 4.01. The number of amides is 1. The molecule has 0 aliphatic carbocycles. The first-order chi connectivity index (χ1) is 14.5. The van der Waals surface area contributed by atoms with Crippen LogP contribution in [0.5, 0.6) is 11.5 Å². The Kier molecular flexibility index (Phi) is 6.85. The largest absolute Gasteiger partial charge is 0.497 e. The molecular weight excluding hydrogens is 382 g/mol. The Morgan fingerprint density at radius 3 is 2.63 bits per heavy atom. The van der Waals surface area contributed by atoms with Gasteiger partial charge in [0.2, 0.25) is 11.7 Å². The van der Waals surface area contributed by atoms with E-state index < -0.39 is 0 Å². The Morgan fingerprint density at radius 2 is 1.97 bits per heavy atom. The zero-order chi connectivity index (χ0) is 21.5. The van der Waals surface area contributed by atoms with Crippen LogP contribution in [-0.4, -0.2) is 41.2 Å². The van der Waals surface area contributed by atoms with E-state index in [-0.39, 0.29) is 19.1 Å². The number of hydrogen-bond acceptors (Lipinski definition) is 6. The summed E-state index contributed by atoms with van der Waals surface area (Å²) >= 11 is 0. The van der Waals surface area contributed by atoms with Gasteiger partial charge in [0.05, 0.1) is 7.11 Å². The molecule has 0 aliphatic heterocycles. The molecular formula is C23H25N3O4. The molecule has 0 atom stereocenters. The third-order valence-electron chi connectivity index (χ3n) is 4.53. The number of methoxy groups -OCH3 is 1.